The van der Waals surface area contributed by atoms with E-state index in [1.165, 1.54) is 0 Å². The van der Waals surface area contributed by atoms with Crippen LogP contribution in [0.25, 0.3) is 11.3 Å². The third-order valence-electron chi connectivity index (χ3n) is 2.80. The molecular formula is C14H13N5. The topological polar surface area (TPSA) is 80.5 Å². The zero-order valence-corrected chi connectivity index (χ0v) is 10.2. The fourth-order valence-corrected chi connectivity index (χ4v) is 1.92. The Kier molecular flexibility index (Phi) is 2.94. The van der Waals surface area contributed by atoms with Crippen molar-refractivity contribution in [2.75, 3.05) is 5.73 Å². The largest absolute Gasteiger partial charge is 0.368 e. The highest BCUT2D eigenvalue weighted by molar-refractivity contribution is 5.59. The van der Waals surface area contributed by atoms with Gasteiger partial charge >= 0.3 is 0 Å². The monoisotopic (exact) mass is 251 g/mol. The number of benzene rings is 1. The first-order valence-electron chi connectivity index (χ1n) is 5.98. The molecule has 0 atom stereocenters. The summed E-state index contributed by atoms with van der Waals surface area (Å²) in [6.45, 7) is 0. The normalized spacial score (nSPS) is 10.5. The first kappa shape index (κ1) is 11.4. The van der Waals surface area contributed by atoms with Crippen molar-refractivity contribution in [3.05, 3.63) is 60.0 Å². The van der Waals surface area contributed by atoms with E-state index in [1.807, 2.05) is 42.5 Å². The van der Waals surface area contributed by atoms with Gasteiger partial charge < -0.3 is 5.73 Å². The molecule has 94 valence electrons. The molecule has 0 unspecified atom stereocenters. The van der Waals surface area contributed by atoms with Gasteiger partial charge in [0.15, 0.2) is 0 Å². The molecule has 19 heavy (non-hydrogen) atoms. The van der Waals surface area contributed by atoms with Gasteiger partial charge in [-0.25, -0.2) is 9.97 Å². The fourth-order valence-electron chi connectivity index (χ4n) is 1.92. The maximum atomic E-state index is 5.56. The van der Waals surface area contributed by atoms with Crippen LogP contribution in [0.2, 0.25) is 0 Å². The third-order valence-corrected chi connectivity index (χ3v) is 2.80. The average molecular weight is 251 g/mol. The van der Waals surface area contributed by atoms with E-state index in [2.05, 4.69) is 20.2 Å². The van der Waals surface area contributed by atoms with Crippen LogP contribution in [0.3, 0.4) is 0 Å². The minimum absolute atomic E-state index is 0.292. The van der Waals surface area contributed by atoms with Crippen molar-refractivity contribution in [1.29, 1.82) is 0 Å². The van der Waals surface area contributed by atoms with Crippen LogP contribution in [0, 0.1) is 0 Å². The van der Waals surface area contributed by atoms with E-state index >= 15 is 0 Å². The highest BCUT2D eigenvalue weighted by Gasteiger charge is 2.05. The molecular weight excluding hydrogens is 238 g/mol. The zero-order valence-electron chi connectivity index (χ0n) is 10.2. The number of H-pyrrole nitrogens is 1. The lowest BCUT2D eigenvalue weighted by Crippen LogP contribution is -1.99. The molecule has 3 N–H and O–H groups in total. The zero-order chi connectivity index (χ0) is 13.1. The predicted molar refractivity (Wildman–Crippen MR) is 73.3 cm³/mol. The minimum Gasteiger partial charge on any atom is -0.368 e. The average Bonchev–Trinajstić information content (AvgIpc) is 2.88. The Hall–Kier alpha value is -2.69. The number of nitrogens with zero attached hydrogens (tertiary/aromatic N) is 3. The smallest absolute Gasteiger partial charge is 0.220 e. The molecule has 0 bridgehead atoms. The number of nitrogens with one attached hydrogen (secondary N) is 1. The highest BCUT2D eigenvalue weighted by atomic mass is 15.1. The molecule has 3 aromatic rings. The lowest BCUT2D eigenvalue weighted by atomic mass is 10.1. The van der Waals surface area contributed by atoms with Gasteiger partial charge in [-0.15, -0.1) is 0 Å². The van der Waals surface area contributed by atoms with Crippen LogP contribution in [-0.2, 0) is 6.42 Å². The molecule has 2 heterocycles. The summed E-state index contributed by atoms with van der Waals surface area (Å²) in [5.41, 5.74) is 9.45. The molecule has 0 aliphatic rings. The minimum atomic E-state index is 0.292. The van der Waals surface area contributed by atoms with Crippen molar-refractivity contribution in [1.82, 2.24) is 20.2 Å². The van der Waals surface area contributed by atoms with Crippen LogP contribution in [0.1, 0.15) is 11.4 Å². The summed E-state index contributed by atoms with van der Waals surface area (Å²) in [7, 11) is 0. The summed E-state index contributed by atoms with van der Waals surface area (Å²) in [4.78, 5) is 8.04. The predicted octanol–water partition coefficient (Wildman–Crippen LogP) is 2.04. The third kappa shape index (κ3) is 2.60. The molecule has 0 fully saturated rings. The second-order valence-corrected chi connectivity index (χ2v) is 4.23. The van der Waals surface area contributed by atoms with Gasteiger partial charge in [0.05, 0.1) is 11.4 Å². The Balaban J connectivity index is 1.82. The van der Waals surface area contributed by atoms with E-state index in [1.54, 1.807) is 6.20 Å². The van der Waals surface area contributed by atoms with Crippen LogP contribution in [0.15, 0.2) is 48.7 Å². The molecule has 0 aliphatic carbocycles. The summed E-state index contributed by atoms with van der Waals surface area (Å²) < 4.78 is 0. The summed E-state index contributed by atoms with van der Waals surface area (Å²) in [5.74, 6) is 0.292. The molecule has 0 aliphatic heterocycles. The number of hydrogen-bond donors (Lipinski definition) is 2. The van der Waals surface area contributed by atoms with E-state index < -0.39 is 0 Å². The van der Waals surface area contributed by atoms with Gasteiger partial charge in [0.2, 0.25) is 5.95 Å². The van der Waals surface area contributed by atoms with E-state index in [0.717, 1.165) is 22.6 Å². The number of hydrogen-bond acceptors (Lipinski definition) is 4. The summed E-state index contributed by atoms with van der Waals surface area (Å²) in [6, 6.07) is 13.9. The lowest BCUT2D eigenvalue weighted by molar-refractivity contribution is 0.960. The van der Waals surface area contributed by atoms with Crippen LogP contribution in [-0.4, -0.2) is 20.2 Å². The Morgan fingerprint density at radius 1 is 1.11 bits per heavy atom. The molecule has 0 radical (unpaired) electrons. The fraction of sp³-hybridized carbons (Fsp3) is 0.0714. The van der Waals surface area contributed by atoms with Gasteiger partial charge in [-0.1, -0.05) is 30.3 Å². The maximum absolute atomic E-state index is 5.56. The van der Waals surface area contributed by atoms with E-state index in [9.17, 15) is 0 Å². The van der Waals surface area contributed by atoms with E-state index in [4.69, 9.17) is 5.73 Å². The van der Waals surface area contributed by atoms with Crippen LogP contribution in [0.5, 0.6) is 0 Å². The van der Waals surface area contributed by atoms with Crippen molar-refractivity contribution in [3.8, 4) is 11.3 Å². The molecule has 2 aromatic heterocycles. The van der Waals surface area contributed by atoms with Crippen molar-refractivity contribution >= 4 is 5.95 Å². The number of aromatic amines is 1. The van der Waals surface area contributed by atoms with Gasteiger partial charge in [-0.2, -0.15) is 5.10 Å². The summed E-state index contributed by atoms with van der Waals surface area (Å²) in [5, 5.41) is 7.33. The Labute approximate surface area is 110 Å². The molecule has 3 rings (SSSR count). The van der Waals surface area contributed by atoms with Crippen molar-refractivity contribution in [2.45, 2.75) is 6.42 Å². The SMILES string of the molecule is Nc1nccc(Cc2cc(-c3ccccc3)n[nH]2)n1. The number of anilines is 1. The maximum Gasteiger partial charge on any atom is 0.220 e. The van der Waals surface area contributed by atoms with Crippen molar-refractivity contribution < 1.29 is 0 Å². The van der Waals surface area contributed by atoms with Gasteiger partial charge in [-0.3, -0.25) is 5.10 Å². The summed E-state index contributed by atoms with van der Waals surface area (Å²) in [6.07, 6.45) is 2.32. The number of nitrogen functional groups attached to an aromatic ring is 1. The van der Waals surface area contributed by atoms with E-state index in [-0.39, 0.29) is 0 Å². The van der Waals surface area contributed by atoms with Crippen LogP contribution < -0.4 is 5.73 Å². The highest BCUT2D eigenvalue weighted by Crippen LogP contribution is 2.18. The Morgan fingerprint density at radius 3 is 2.74 bits per heavy atom. The van der Waals surface area contributed by atoms with Gasteiger partial charge in [0.25, 0.3) is 0 Å². The van der Waals surface area contributed by atoms with Gasteiger partial charge in [0.1, 0.15) is 0 Å². The first-order valence-corrected chi connectivity index (χ1v) is 5.98. The Morgan fingerprint density at radius 2 is 1.95 bits per heavy atom. The van der Waals surface area contributed by atoms with E-state index in [0.29, 0.717) is 12.4 Å². The lowest BCUT2D eigenvalue weighted by Gasteiger charge is -1.98. The number of rotatable bonds is 3. The second-order valence-electron chi connectivity index (χ2n) is 4.23. The molecule has 0 amide bonds. The van der Waals surface area contributed by atoms with Crippen molar-refractivity contribution in [2.24, 2.45) is 0 Å². The molecule has 1 aromatic carbocycles. The standard InChI is InChI=1S/C14H13N5/c15-14-16-7-6-11(17-14)8-12-9-13(19-18-12)10-4-2-1-3-5-10/h1-7,9H,8H2,(H,18,19)(H2,15,16,17). The van der Waals surface area contributed by atoms with Crippen LogP contribution in [0.4, 0.5) is 5.95 Å². The Bertz CT molecular complexity index is 675. The van der Waals surface area contributed by atoms with Gasteiger partial charge in [0, 0.05) is 23.9 Å². The molecule has 5 nitrogen and oxygen atoms in total. The molecule has 0 saturated heterocycles. The van der Waals surface area contributed by atoms with Crippen molar-refractivity contribution in [3.63, 3.8) is 0 Å². The molecule has 0 spiro atoms. The second kappa shape index (κ2) is 4.89. The first-order chi connectivity index (χ1) is 9.31. The van der Waals surface area contributed by atoms with Crippen LogP contribution >= 0.6 is 0 Å². The van der Waals surface area contributed by atoms with Gasteiger partial charge in [-0.05, 0) is 12.1 Å². The number of aromatic nitrogens is 4. The number of nitrogens with two attached hydrogens (primary N) is 1. The quantitative estimate of drug-likeness (QED) is 0.746. The molecule has 0 saturated carbocycles. The summed E-state index contributed by atoms with van der Waals surface area (Å²) >= 11 is 0. The molecule has 5 heteroatoms.